The van der Waals surface area contributed by atoms with Gasteiger partial charge in [0.15, 0.2) is 0 Å². The first-order chi connectivity index (χ1) is 7.27. The van der Waals surface area contributed by atoms with Gasteiger partial charge in [0.1, 0.15) is 16.9 Å². The van der Waals surface area contributed by atoms with Crippen LogP contribution in [-0.2, 0) is 13.5 Å². The summed E-state index contributed by atoms with van der Waals surface area (Å²) in [5.74, 6) is 0.991. The van der Waals surface area contributed by atoms with Gasteiger partial charge >= 0.3 is 0 Å². The molecule has 0 aliphatic carbocycles. The standard InChI is InChI=1S/C10H13N3OS/c1-13-6-4-11-9(13)3-2-8(14)10-12-5-7-15-10/h4-8,14H,2-3H2,1H3. The Hall–Kier alpha value is -1.20. The maximum Gasteiger partial charge on any atom is 0.121 e. The number of hydrogen-bond donors (Lipinski definition) is 1. The molecule has 80 valence electrons. The van der Waals surface area contributed by atoms with Gasteiger partial charge in [-0.2, -0.15) is 0 Å². The summed E-state index contributed by atoms with van der Waals surface area (Å²) in [6, 6.07) is 0. The van der Waals surface area contributed by atoms with Crippen molar-refractivity contribution >= 4 is 11.3 Å². The molecule has 0 aliphatic heterocycles. The number of nitrogens with zero attached hydrogens (tertiary/aromatic N) is 3. The molecule has 1 unspecified atom stereocenters. The van der Waals surface area contributed by atoms with Gasteiger partial charge in [-0.1, -0.05) is 0 Å². The van der Waals surface area contributed by atoms with Crippen molar-refractivity contribution in [3.63, 3.8) is 0 Å². The van der Waals surface area contributed by atoms with Crippen LogP contribution in [-0.4, -0.2) is 19.6 Å². The molecule has 4 nitrogen and oxygen atoms in total. The first-order valence-electron chi connectivity index (χ1n) is 4.81. The van der Waals surface area contributed by atoms with Crippen LogP contribution in [0, 0.1) is 0 Å². The van der Waals surface area contributed by atoms with E-state index in [0.29, 0.717) is 6.42 Å². The number of thiazole rings is 1. The smallest absolute Gasteiger partial charge is 0.121 e. The SMILES string of the molecule is Cn1ccnc1CCC(O)c1nccs1. The second kappa shape index (κ2) is 4.55. The molecule has 0 radical (unpaired) electrons. The zero-order valence-electron chi connectivity index (χ0n) is 8.50. The van der Waals surface area contributed by atoms with Crippen LogP contribution in [0.25, 0.3) is 0 Å². The van der Waals surface area contributed by atoms with Crippen molar-refractivity contribution in [3.05, 3.63) is 34.8 Å². The van der Waals surface area contributed by atoms with Crippen molar-refractivity contribution in [2.24, 2.45) is 7.05 Å². The van der Waals surface area contributed by atoms with Gasteiger partial charge in [-0.15, -0.1) is 11.3 Å². The molecule has 0 bridgehead atoms. The highest BCUT2D eigenvalue weighted by Gasteiger charge is 2.11. The molecule has 2 rings (SSSR count). The molecule has 15 heavy (non-hydrogen) atoms. The number of aromatic nitrogens is 3. The summed E-state index contributed by atoms with van der Waals surface area (Å²) in [7, 11) is 1.96. The summed E-state index contributed by atoms with van der Waals surface area (Å²) < 4.78 is 1.97. The van der Waals surface area contributed by atoms with E-state index in [2.05, 4.69) is 9.97 Å². The van der Waals surface area contributed by atoms with E-state index in [4.69, 9.17) is 0 Å². The Kier molecular flexibility index (Phi) is 3.13. The molecular formula is C10H13N3OS. The number of hydrogen-bond acceptors (Lipinski definition) is 4. The minimum Gasteiger partial charge on any atom is -0.386 e. The van der Waals surface area contributed by atoms with Crippen LogP contribution in [0.5, 0.6) is 0 Å². The van der Waals surface area contributed by atoms with Gasteiger partial charge < -0.3 is 9.67 Å². The Balaban J connectivity index is 1.91. The van der Waals surface area contributed by atoms with E-state index < -0.39 is 6.10 Å². The van der Waals surface area contributed by atoms with Crippen LogP contribution in [0.15, 0.2) is 24.0 Å². The molecule has 0 fully saturated rings. The second-order valence-corrected chi connectivity index (χ2v) is 4.31. The summed E-state index contributed by atoms with van der Waals surface area (Å²) in [6.07, 6.45) is 6.35. The van der Waals surface area contributed by atoms with Crippen LogP contribution < -0.4 is 0 Å². The summed E-state index contributed by atoms with van der Waals surface area (Å²) in [4.78, 5) is 8.28. The minimum atomic E-state index is -0.471. The Bertz CT molecular complexity index is 410. The molecule has 2 heterocycles. The summed E-state index contributed by atoms with van der Waals surface area (Å²) >= 11 is 1.48. The van der Waals surface area contributed by atoms with E-state index in [1.54, 1.807) is 12.4 Å². The Morgan fingerprint density at radius 1 is 1.47 bits per heavy atom. The highest BCUT2D eigenvalue weighted by Crippen LogP contribution is 2.20. The lowest BCUT2D eigenvalue weighted by molar-refractivity contribution is 0.166. The van der Waals surface area contributed by atoms with Gasteiger partial charge in [0, 0.05) is 37.4 Å². The van der Waals surface area contributed by atoms with Gasteiger partial charge in [-0.05, 0) is 6.42 Å². The summed E-state index contributed by atoms with van der Waals surface area (Å²) in [5, 5.41) is 12.5. The fraction of sp³-hybridized carbons (Fsp3) is 0.400. The second-order valence-electron chi connectivity index (χ2n) is 3.38. The third-order valence-corrected chi connectivity index (χ3v) is 3.18. The summed E-state index contributed by atoms with van der Waals surface area (Å²) in [6.45, 7) is 0. The van der Waals surface area contributed by atoms with Crippen LogP contribution >= 0.6 is 11.3 Å². The number of aliphatic hydroxyl groups is 1. The molecule has 1 N–H and O–H groups in total. The number of aryl methyl sites for hydroxylation is 2. The Morgan fingerprint density at radius 3 is 2.93 bits per heavy atom. The van der Waals surface area contributed by atoms with Crippen molar-refractivity contribution in [2.45, 2.75) is 18.9 Å². The van der Waals surface area contributed by atoms with Crippen molar-refractivity contribution in [1.29, 1.82) is 0 Å². The predicted molar refractivity (Wildman–Crippen MR) is 58.6 cm³/mol. The molecule has 5 heteroatoms. The maximum atomic E-state index is 9.81. The molecule has 0 spiro atoms. The lowest BCUT2D eigenvalue weighted by atomic mass is 10.2. The molecule has 1 atom stereocenters. The molecular weight excluding hydrogens is 210 g/mol. The Morgan fingerprint density at radius 2 is 2.33 bits per heavy atom. The first-order valence-corrected chi connectivity index (χ1v) is 5.69. The van der Waals surface area contributed by atoms with Gasteiger partial charge in [-0.3, -0.25) is 0 Å². The summed E-state index contributed by atoms with van der Waals surface area (Å²) in [5.41, 5.74) is 0. The zero-order valence-corrected chi connectivity index (χ0v) is 9.31. The molecule has 0 saturated carbocycles. The van der Waals surface area contributed by atoms with Gasteiger partial charge in [0.05, 0.1) is 0 Å². The van der Waals surface area contributed by atoms with Crippen LogP contribution in [0.3, 0.4) is 0 Å². The van der Waals surface area contributed by atoms with Gasteiger partial charge in [0.2, 0.25) is 0 Å². The molecule has 0 amide bonds. The van der Waals surface area contributed by atoms with Crippen molar-refractivity contribution in [1.82, 2.24) is 14.5 Å². The van der Waals surface area contributed by atoms with E-state index in [1.165, 1.54) is 11.3 Å². The lowest BCUT2D eigenvalue weighted by Crippen LogP contribution is -2.03. The largest absolute Gasteiger partial charge is 0.386 e. The van der Waals surface area contributed by atoms with E-state index in [9.17, 15) is 5.11 Å². The third-order valence-electron chi connectivity index (χ3n) is 2.30. The van der Waals surface area contributed by atoms with E-state index in [0.717, 1.165) is 17.3 Å². The van der Waals surface area contributed by atoms with E-state index in [1.807, 2.05) is 23.2 Å². The first kappa shape index (κ1) is 10.3. The van der Waals surface area contributed by atoms with Crippen LogP contribution in [0.4, 0.5) is 0 Å². The highest BCUT2D eigenvalue weighted by atomic mass is 32.1. The lowest BCUT2D eigenvalue weighted by Gasteiger charge is -2.06. The molecule has 0 aliphatic rings. The molecule has 0 saturated heterocycles. The van der Waals surface area contributed by atoms with Gasteiger partial charge in [0.25, 0.3) is 0 Å². The van der Waals surface area contributed by atoms with Crippen molar-refractivity contribution in [2.75, 3.05) is 0 Å². The average molecular weight is 223 g/mol. The topological polar surface area (TPSA) is 50.9 Å². The molecule has 2 aromatic rings. The highest BCUT2D eigenvalue weighted by molar-refractivity contribution is 7.09. The average Bonchev–Trinajstić information content (AvgIpc) is 2.85. The number of aliphatic hydroxyl groups excluding tert-OH is 1. The minimum absolute atomic E-state index is 0.471. The molecule has 0 aromatic carbocycles. The fourth-order valence-corrected chi connectivity index (χ4v) is 2.08. The number of rotatable bonds is 4. The third kappa shape index (κ3) is 2.43. The predicted octanol–water partition coefficient (Wildman–Crippen LogP) is 1.54. The van der Waals surface area contributed by atoms with Crippen molar-refractivity contribution < 1.29 is 5.11 Å². The zero-order chi connectivity index (χ0) is 10.7. The molecule has 2 aromatic heterocycles. The normalized spacial score (nSPS) is 12.9. The van der Waals surface area contributed by atoms with Gasteiger partial charge in [-0.25, -0.2) is 9.97 Å². The van der Waals surface area contributed by atoms with E-state index in [-0.39, 0.29) is 0 Å². The van der Waals surface area contributed by atoms with Crippen LogP contribution in [0.2, 0.25) is 0 Å². The van der Waals surface area contributed by atoms with Crippen molar-refractivity contribution in [3.8, 4) is 0 Å². The maximum absolute atomic E-state index is 9.81. The number of imidazole rings is 1. The van der Waals surface area contributed by atoms with E-state index >= 15 is 0 Å². The van der Waals surface area contributed by atoms with Crippen LogP contribution in [0.1, 0.15) is 23.4 Å². The Labute approximate surface area is 92.2 Å². The fourth-order valence-electron chi connectivity index (χ4n) is 1.43. The monoisotopic (exact) mass is 223 g/mol. The quantitative estimate of drug-likeness (QED) is 0.855.